The zero-order valence-corrected chi connectivity index (χ0v) is 13.8. The van der Waals surface area contributed by atoms with E-state index in [2.05, 4.69) is 9.97 Å². The molecule has 3 rings (SSSR count). The highest BCUT2D eigenvalue weighted by Crippen LogP contribution is 2.23. The van der Waals surface area contributed by atoms with Crippen LogP contribution in [0.1, 0.15) is 43.0 Å². The van der Waals surface area contributed by atoms with Crippen LogP contribution in [0.2, 0.25) is 0 Å². The summed E-state index contributed by atoms with van der Waals surface area (Å²) in [5.41, 5.74) is 2.04. The fraction of sp³-hybridized carbons (Fsp3) is 0.444. The second kappa shape index (κ2) is 7.38. The molecule has 1 aromatic heterocycles. The van der Waals surface area contributed by atoms with Gasteiger partial charge in [-0.05, 0) is 44.4 Å². The highest BCUT2D eigenvalue weighted by molar-refractivity contribution is 5.97. The van der Waals surface area contributed by atoms with Gasteiger partial charge < -0.3 is 9.64 Å². The summed E-state index contributed by atoms with van der Waals surface area (Å²) in [6, 6.07) is 5.25. The molecule has 1 aliphatic heterocycles. The summed E-state index contributed by atoms with van der Waals surface area (Å²) < 4.78 is 5.04. The minimum atomic E-state index is -0.244. The van der Waals surface area contributed by atoms with Gasteiger partial charge in [0.2, 0.25) is 0 Å². The molecule has 24 heavy (non-hydrogen) atoms. The Kier molecular flexibility index (Phi) is 5.03. The third-order valence-electron chi connectivity index (χ3n) is 4.31. The molecule has 126 valence electrons. The smallest absolute Gasteiger partial charge is 0.307 e. The SMILES string of the molecule is CCOC(=O)C[C@@H]1CCCCN1C(=O)c1ccc2nccnc2c1. The molecule has 2 aromatic rings. The minimum Gasteiger partial charge on any atom is -0.466 e. The Bertz CT molecular complexity index is 747. The van der Waals surface area contributed by atoms with Gasteiger partial charge in [-0.15, -0.1) is 0 Å². The molecule has 6 nitrogen and oxygen atoms in total. The van der Waals surface area contributed by atoms with Gasteiger partial charge >= 0.3 is 5.97 Å². The maximum atomic E-state index is 12.9. The zero-order chi connectivity index (χ0) is 16.9. The minimum absolute atomic E-state index is 0.0587. The lowest BCUT2D eigenvalue weighted by atomic mass is 9.98. The van der Waals surface area contributed by atoms with Gasteiger partial charge in [0.15, 0.2) is 0 Å². The first-order valence-corrected chi connectivity index (χ1v) is 8.36. The number of ether oxygens (including phenoxy) is 1. The van der Waals surface area contributed by atoms with E-state index in [-0.39, 0.29) is 24.3 Å². The third kappa shape index (κ3) is 3.53. The lowest BCUT2D eigenvalue weighted by molar-refractivity contribution is -0.144. The van der Waals surface area contributed by atoms with Crippen LogP contribution in [0.3, 0.4) is 0 Å². The number of fused-ring (bicyclic) bond motifs is 1. The van der Waals surface area contributed by atoms with Crippen LogP contribution < -0.4 is 0 Å². The molecule has 1 amide bonds. The summed E-state index contributed by atoms with van der Waals surface area (Å²) in [5, 5.41) is 0. The van der Waals surface area contributed by atoms with Crippen molar-refractivity contribution < 1.29 is 14.3 Å². The number of amides is 1. The second-order valence-electron chi connectivity index (χ2n) is 5.92. The number of rotatable bonds is 4. The first-order chi connectivity index (χ1) is 11.7. The summed E-state index contributed by atoms with van der Waals surface area (Å²) >= 11 is 0. The van der Waals surface area contributed by atoms with Crippen LogP contribution in [0, 0.1) is 0 Å². The molecule has 1 saturated heterocycles. The van der Waals surface area contributed by atoms with Crippen molar-refractivity contribution in [1.82, 2.24) is 14.9 Å². The van der Waals surface area contributed by atoms with E-state index in [9.17, 15) is 9.59 Å². The predicted molar refractivity (Wildman–Crippen MR) is 89.5 cm³/mol. The first kappa shape index (κ1) is 16.4. The Labute approximate surface area is 140 Å². The molecule has 0 N–H and O–H groups in total. The van der Waals surface area contributed by atoms with Crippen molar-refractivity contribution >= 4 is 22.9 Å². The standard InChI is InChI=1S/C18H21N3O3/c1-2-24-17(22)12-14-5-3-4-10-21(14)18(23)13-6-7-15-16(11-13)20-9-8-19-15/h6-9,11,14H,2-5,10,12H2,1H3/t14-/m0/s1. The summed E-state index contributed by atoms with van der Waals surface area (Å²) in [6.07, 6.45) is 6.31. The fourth-order valence-electron chi connectivity index (χ4n) is 3.15. The van der Waals surface area contributed by atoms with Gasteiger partial charge in [-0.2, -0.15) is 0 Å². The molecule has 0 aliphatic carbocycles. The van der Waals surface area contributed by atoms with E-state index in [0.29, 0.717) is 24.2 Å². The van der Waals surface area contributed by atoms with Gasteiger partial charge in [0.1, 0.15) is 0 Å². The van der Waals surface area contributed by atoms with Crippen LogP contribution in [0.5, 0.6) is 0 Å². The van der Waals surface area contributed by atoms with E-state index in [1.165, 1.54) is 0 Å². The molecular weight excluding hydrogens is 306 g/mol. The Hall–Kier alpha value is -2.50. The van der Waals surface area contributed by atoms with Crippen LogP contribution in [-0.4, -0.2) is 45.9 Å². The monoisotopic (exact) mass is 327 g/mol. The lowest BCUT2D eigenvalue weighted by Gasteiger charge is -2.35. The van der Waals surface area contributed by atoms with Crippen molar-refractivity contribution in [3.05, 3.63) is 36.2 Å². The van der Waals surface area contributed by atoms with E-state index in [1.807, 2.05) is 0 Å². The molecule has 1 aromatic carbocycles. The molecule has 1 atom stereocenters. The average molecular weight is 327 g/mol. The fourth-order valence-corrected chi connectivity index (χ4v) is 3.15. The highest BCUT2D eigenvalue weighted by atomic mass is 16.5. The van der Waals surface area contributed by atoms with Crippen molar-refractivity contribution in [2.24, 2.45) is 0 Å². The maximum Gasteiger partial charge on any atom is 0.307 e. The second-order valence-corrected chi connectivity index (χ2v) is 5.92. The number of hydrogen-bond donors (Lipinski definition) is 0. The van der Waals surface area contributed by atoms with E-state index in [4.69, 9.17) is 4.74 Å². The van der Waals surface area contributed by atoms with Crippen LogP contribution in [0.25, 0.3) is 11.0 Å². The number of benzene rings is 1. The van der Waals surface area contributed by atoms with Crippen LogP contribution in [-0.2, 0) is 9.53 Å². The van der Waals surface area contributed by atoms with Gasteiger partial charge in [-0.1, -0.05) is 0 Å². The summed E-state index contributed by atoms with van der Waals surface area (Å²) in [7, 11) is 0. The summed E-state index contributed by atoms with van der Waals surface area (Å²) in [4.78, 5) is 35.0. The Morgan fingerprint density at radius 3 is 2.79 bits per heavy atom. The van der Waals surface area contributed by atoms with Crippen molar-refractivity contribution in [2.75, 3.05) is 13.2 Å². The molecular formula is C18H21N3O3. The number of piperidine rings is 1. The predicted octanol–water partition coefficient (Wildman–Crippen LogP) is 2.58. The molecule has 0 unspecified atom stereocenters. The zero-order valence-electron chi connectivity index (χ0n) is 13.8. The van der Waals surface area contributed by atoms with Gasteiger partial charge in [0.25, 0.3) is 5.91 Å². The Morgan fingerprint density at radius 2 is 2.00 bits per heavy atom. The summed E-state index contributed by atoms with van der Waals surface area (Å²) in [6.45, 7) is 2.82. The molecule has 0 saturated carbocycles. The van der Waals surface area contributed by atoms with Crippen molar-refractivity contribution in [2.45, 2.75) is 38.6 Å². The number of hydrogen-bond acceptors (Lipinski definition) is 5. The molecule has 0 radical (unpaired) electrons. The van der Waals surface area contributed by atoms with Crippen LogP contribution in [0.4, 0.5) is 0 Å². The van der Waals surface area contributed by atoms with E-state index < -0.39 is 0 Å². The van der Waals surface area contributed by atoms with Gasteiger partial charge in [0.05, 0.1) is 24.1 Å². The number of aromatic nitrogens is 2. The number of carbonyl (C=O) groups excluding carboxylic acids is 2. The number of likely N-dealkylation sites (tertiary alicyclic amines) is 1. The van der Waals surface area contributed by atoms with Crippen molar-refractivity contribution in [3.8, 4) is 0 Å². The van der Waals surface area contributed by atoms with Gasteiger partial charge in [0, 0.05) is 30.5 Å². The van der Waals surface area contributed by atoms with Crippen LogP contribution in [0.15, 0.2) is 30.6 Å². The van der Waals surface area contributed by atoms with E-state index >= 15 is 0 Å². The van der Waals surface area contributed by atoms with E-state index in [1.54, 1.807) is 42.4 Å². The number of nitrogens with zero attached hydrogens (tertiary/aromatic N) is 3. The lowest BCUT2D eigenvalue weighted by Crippen LogP contribution is -2.45. The van der Waals surface area contributed by atoms with Crippen molar-refractivity contribution in [1.29, 1.82) is 0 Å². The van der Waals surface area contributed by atoms with Crippen LogP contribution >= 0.6 is 0 Å². The topological polar surface area (TPSA) is 72.4 Å². The maximum absolute atomic E-state index is 12.9. The molecule has 1 aliphatic rings. The third-order valence-corrected chi connectivity index (χ3v) is 4.31. The molecule has 0 spiro atoms. The molecule has 6 heteroatoms. The quantitative estimate of drug-likeness (QED) is 0.807. The first-order valence-electron chi connectivity index (χ1n) is 8.36. The molecule has 1 fully saturated rings. The van der Waals surface area contributed by atoms with Gasteiger partial charge in [-0.3, -0.25) is 19.6 Å². The molecule has 0 bridgehead atoms. The van der Waals surface area contributed by atoms with Crippen molar-refractivity contribution in [3.63, 3.8) is 0 Å². The number of carbonyl (C=O) groups is 2. The Balaban J connectivity index is 1.80. The highest BCUT2D eigenvalue weighted by Gasteiger charge is 2.29. The summed E-state index contributed by atoms with van der Waals surface area (Å²) in [5.74, 6) is -0.303. The Morgan fingerprint density at radius 1 is 1.21 bits per heavy atom. The number of esters is 1. The normalized spacial score (nSPS) is 17.7. The molecule has 2 heterocycles. The average Bonchev–Trinajstić information content (AvgIpc) is 2.61. The largest absolute Gasteiger partial charge is 0.466 e. The van der Waals surface area contributed by atoms with E-state index in [0.717, 1.165) is 24.8 Å². The van der Waals surface area contributed by atoms with Gasteiger partial charge in [-0.25, -0.2) is 0 Å².